The van der Waals surface area contributed by atoms with Crippen molar-refractivity contribution in [2.45, 2.75) is 6.04 Å². The molecule has 0 amide bonds. The van der Waals surface area contributed by atoms with E-state index in [1.807, 2.05) is 0 Å². The van der Waals surface area contributed by atoms with Gasteiger partial charge in [0.05, 0.1) is 12.7 Å². The van der Waals surface area contributed by atoms with Crippen LogP contribution in [0.5, 0.6) is 0 Å². The van der Waals surface area contributed by atoms with Gasteiger partial charge in [-0.2, -0.15) is 0 Å². The average molecular weight is 220 g/mol. The standard InChI is InChI=1S/C8H16O5Si/c1-5-8(9)13-6-7-14(10-2,11-3)12-4/h5H,1,6-7H2,2-4H3. The van der Waals surface area contributed by atoms with Gasteiger partial charge in [0.15, 0.2) is 0 Å². The van der Waals surface area contributed by atoms with Crippen molar-refractivity contribution in [1.82, 2.24) is 0 Å². The summed E-state index contributed by atoms with van der Waals surface area (Å²) in [6, 6.07) is 0.427. The van der Waals surface area contributed by atoms with Gasteiger partial charge in [-0.1, -0.05) is 6.58 Å². The second kappa shape index (κ2) is 6.72. The minimum atomic E-state index is -2.61. The van der Waals surface area contributed by atoms with Crippen LogP contribution in [-0.2, 0) is 22.8 Å². The van der Waals surface area contributed by atoms with Crippen molar-refractivity contribution in [2.24, 2.45) is 0 Å². The maximum Gasteiger partial charge on any atom is 0.503 e. The molecule has 0 aliphatic heterocycles. The molecule has 82 valence electrons. The highest BCUT2D eigenvalue weighted by Crippen LogP contribution is 2.12. The molecule has 5 nitrogen and oxygen atoms in total. The molecule has 0 aliphatic carbocycles. The third-order valence-corrected chi connectivity index (χ3v) is 4.43. The fraction of sp³-hybridized carbons (Fsp3) is 0.625. The number of hydrogen-bond acceptors (Lipinski definition) is 5. The van der Waals surface area contributed by atoms with Gasteiger partial charge in [-0.3, -0.25) is 0 Å². The lowest BCUT2D eigenvalue weighted by Gasteiger charge is -2.23. The molecule has 0 spiro atoms. The molecule has 0 aromatic rings. The maximum absolute atomic E-state index is 10.7. The Kier molecular flexibility index (Phi) is 6.38. The molecule has 0 saturated heterocycles. The highest BCUT2D eigenvalue weighted by molar-refractivity contribution is 6.60. The summed E-state index contributed by atoms with van der Waals surface area (Å²) in [5.41, 5.74) is 0. The van der Waals surface area contributed by atoms with Crippen LogP contribution in [0, 0.1) is 0 Å². The Labute approximate surface area is 85.0 Å². The highest BCUT2D eigenvalue weighted by atomic mass is 28.4. The zero-order chi connectivity index (χ0) is 11.0. The summed E-state index contributed by atoms with van der Waals surface area (Å²) in [4.78, 5) is 10.7. The Morgan fingerprint density at radius 1 is 1.29 bits per heavy atom. The van der Waals surface area contributed by atoms with E-state index in [9.17, 15) is 4.79 Å². The van der Waals surface area contributed by atoms with E-state index in [0.29, 0.717) is 6.04 Å². The minimum Gasteiger partial charge on any atom is -0.463 e. The SMILES string of the molecule is C=CC(=O)OCC[Si](OC)(OC)OC. The molecule has 14 heavy (non-hydrogen) atoms. The zero-order valence-electron chi connectivity index (χ0n) is 8.74. The van der Waals surface area contributed by atoms with Gasteiger partial charge >= 0.3 is 14.8 Å². The van der Waals surface area contributed by atoms with Crippen LogP contribution in [0.2, 0.25) is 6.04 Å². The number of carbonyl (C=O) groups is 1. The molecule has 0 saturated carbocycles. The predicted octanol–water partition coefficient (Wildman–Crippen LogP) is 0.594. The van der Waals surface area contributed by atoms with E-state index >= 15 is 0 Å². The molecule has 0 bridgehead atoms. The van der Waals surface area contributed by atoms with E-state index in [-0.39, 0.29) is 6.61 Å². The van der Waals surface area contributed by atoms with Crippen LogP contribution in [0.3, 0.4) is 0 Å². The number of carbonyl (C=O) groups excluding carboxylic acids is 1. The fourth-order valence-electron chi connectivity index (χ4n) is 0.892. The Hall–Kier alpha value is -0.693. The molecule has 0 unspecified atom stereocenters. The molecule has 0 N–H and O–H groups in total. The molecule has 0 aliphatic rings. The topological polar surface area (TPSA) is 54.0 Å². The average Bonchev–Trinajstić information content (AvgIpc) is 2.25. The number of rotatable bonds is 7. The quantitative estimate of drug-likeness (QED) is 0.357. The Morgan fingerprint density at radius 2 is 1.79 bits per heavy atom. The van der Waals surface area contributed by atoms with E-state index in [1.165, 1.54) is 21.3 Å². The van der Waals surface area contributed by atoms with Crippen molar-refractivity contribution in [3.05, 3.63) is 12.7 Å². The minimum absolute atomic E-state index is 0.201. The Morgan fingerprint density at radius 3 is 2.14 bits per heavy atom. The largest absolute Gasteiger partial charge is 0.503 e. The Balaban J connectivity index is 3.94. The summed E-state index contributed by atoms with van der Waals surface area (Å²) in [7, 11) is 1.92. The number of hydrogen-bond donors (Lipinski definition) is 0. The van der Waals surface area contributed by atoms with E-state index in [2.05, 4.69) is 6.58 Å². The van der Waals surface area contributed by atoms with Crippen LogP contribution in [0.15, 0.2) is 12.7 Å². The number of ether oxygens (including phenoxy) is 1. The summed E-state index contributed by atoms with van der Waals surface area (Å²) in [6.45, 7) is 3.48. The van der Waals surface area contributed by atoms with E-state index in [4.69, 9.17) is 18.0 Å². The van der Waals surface area contributed by atoms with Crippen molar-refractivity contribution in [3.8, 4) is 0 Å². The second-order valence-corrected chi connectivity index (χ2v) is 5.51. The monoisotopic (exact) mass is 220 g/mol. The fourth-order valence-corrected chi connectivity index (χ4v) is 2.36. The van der Waals surface area contributed by atoms with Gasteiger partial charge in [0, 0.05) is 27.4 Å². The van der Waals surface area contributed by atoms with Crippen LogP contribution < -0.4 is 0 Å². The van der Waals surface area contributed by atoms with Crippen LogP contribution in [0.25, 0.3) is 0 Å². The third-order valence-electron chi connectivity index (χ3n) is 1.75. The van der Waals surface area contributed by atoms with Gasteiger partial charge in [-0.15, -0.1) is 0 Å². The van der Waals surface area contributed by atoms with Crippen LogP contribution >= 0.6 is 0 Å². The van der Waals surface area contributed by atoms with Crippen molar-refractivity contribution in [3.63, 3.8) is 0 Å². The first-order valence-corrected chi connectivity index (χ1v) is 6.02. The molecule has 0 rings (SSSR count). The van der Waals surface area contributed by atoms with Gasteiger partial charge in [-0.25, -0.2) is 4.79 Å². The van der Waals surface area contributed by atoms with E-state index < -0.39 is 14.8 Å². The molecule has 0 aromatic carbocycles. The van der Waals surface area contributed by atoms with Gasteiger partial charge in [-0.05, 0) is 0 Å². The van der Waals surface area contributed by atoms with Gasteiger partial charge in [0.25, 0.3) is 0 Å². The molecule has 0 atom stereocenters. The Bertz CT molecular complexity index is 182. The molecule has 0 aromatic heterocycles. The molecular weight excluding hydrogens is 204 g/mol. The summed E-state index contributed by atoms with van der Waals surface area (Å²) in [6.07, 6.45) is 1.11. The lowest BCUT2D eigenvalue weighted by atomic mass is 10.6. The summed E-state index contributed by atoms with van der Waals surface area (Å²) in [5, 5.41) is 0. The molecule has 0 radical (unpaired) electrons. The zero-order valence-corrected chi connectivity index (χ0v) is 9.74. The first kappa shape index (κ1) is 13.3. The van der Waals surface area contributed by atoms with Gasteiger partial charge in [0.2, 0.25) is 0 Å². The second-order valence-electron chi connectivity index (χ2n) is 2.42. The van der Waals surface area contributed by atoms with Crippen LogP contribution in [-0.4, -0.2) is 42.7 Å². The van der Waals surface area contributed by atoms with Crippen molar-refractivity contribution >= 4 is 14.8 Å². The van der Waals surface area contributed by atoms with E-state index in [1.54, 1.807) is 0 Å². The van der Waals surface area contributed by atoms with Gasteiger partial charge in [0.1, 0.15) is 0 Å². The third kappa shape index (κ3) is 4.01. The van der Waals surface area contributed by atoms with Crippen molar-refractivity contribution in [2.75, 3.05) is 27.9 Å². The van der Waals surface area contributed by atoms with Gasteiger partial charge < -0.3 is 18.0 Å². The van der Waals surface area contributed by atoms with Crippen LogP contribution in [0.4, 0.5) is 0 Å². The smallest absolute Gasteiger partial charge is 0.463 e. The normalized spacial score (nSPS) is 11.1. The lowest BCUT2D eigenvalue weighted by molar-refractivity contribution is -0.137. The van der Waals surface area contributed by atoms with Crippen LogP contribution in [0.1, 0.15) is 0 Å². The molecular formula is C8H16O5Si. The number of esters is 1. The molecule has 0 fully saturated rings. The first-order chi connectivity index (χ1) is 6.64. The van der Waals surface area contributed by atoms with E-state index in [0.717, 1.165) is 6.08 Å². The molecule has 6 heteroatoms. The summed E-state index contributed by atoms with van der Waals surface area (Å²) < 4.78 is 20.2. The van der Waals surface area contributed by atoms with Crippen molar-refractivity contribution in [1.29, 1.82) is 0 Å². The maximum atomic E-state index is 10.7. The lowest BCUT2D eigenvalue weighted by Crippen LogP contribution is -2.43. The van der Waals surface area contributed by atoms with Crippen molar-refractivity contribution < 1.29 is 22.8 Å². The highest BCUT2D eigenvalue weighted by Gasteiger charge is 2.37. The predicted molar refractivity (Wildman–Crippen MR) is 52.7 cm³/mol. The summed E-state index contributed by atoms with van der Waals surface area (Å²) in [5.74, 6) is -0.462. The summed E-state index contributed by atoms with van der Waals surface area (Å²) >= 11 is 0. The first-order valence-electron chi connectivity index (χ1n) is 4.08. The molecule has 0 heterocycles.